The predicted octanol–water partition coefficient (Wildman–Crippen LogP) is 5.42. The van der Waals surface area contributed by atoms with Crippen LogP contribution in [0.5, 0.6) is 11.5 Å². The molecular formula is C21H18F3NO3. The summed E-state index contributed by atoms with van der Waals surface area (Å²) in [7, 11) is 0. The number of hydrogen-bond acceptors (Lipinski definition) is 4. The number of alkyl halides is 3. The van der Waals surface area contributed by atoms with Crippen LogP contribution in [0, 0.1) is 28.6 Å². The van der Waals surface area contributed by atoms with Gasteiger partial charge in [0.25, 0.3) is 0 Å². The van der Waals surface area contributed by atoms with Crippen molar-refractivity contribution in [3.63, 3.8) is 0 Å². The van der Waals surface area contributed by atoms with Crippen molar-refractivity contribution in [1.82, 2.24) is 0 Å². The van der Waals surface area contributed by atoms with E-state index >= 15 is 0 Å². The smallest absolute Gasteiger partial charge is 0.393 e. The molecule has 0 spiro atoms. The van der Waals surface area contributed by atoms with E-state index in [0.29, 0.717) is 17.1 Å². The first-order valence-electron chi connectivity index (χ1n) is 8.64. The number of rotatable bonds is 5. The maximum absolute atomic E-state index is 13.1. The van der Waals surface area contributed by atoms with Gasteiger partial charge in [0, 0.05) is 5.56 Å². The van der Waals surface area contributed by atoms with Crippen LogP contribution in [-0.2, 0) is 9.53 Å². The molecule has 0 N–H and O–H groups in total. The Kier molecular flexibility index (Phi) is 5.07. The summed E-state index contributed by atoms with van der Waals surface area (Å²) in [5.41, 5.74) is -0.917. The molecule has 1 aliphatic rings. The Morgan fingerprint density at radius 2 is 1.75 bits per heavy atom. The van der Waals surface area contributed by atoms with Crippen LogP contribution in [0.25, 0.3) is 0 Å². The zero-order valence-corrected chi connectivity index (χ0v) is 15.2. The lowest BCUT2D eigenvalue weighted by Crippen LogP contribution is -2.18. The fourth-order valence-corrected chi connectivity index (χ4v) is 3.41. The van der Waals surface area contributed by atoms with Crippen LogP contribution in [0.3, 0.4) is 0 Å². The minimum atomic E-state index is -4.49. The Labute approximate surface area is 160 Å². The van der Waals surface area contributed by atoms with Crippen molar-refractivity contribution in [3.8, 4) is 17.6 Å². The lowest BCUT2D eigenvalue weighted by molar-refractivity contribution is -0.166. The maximum atomic E-state index is 13.1. The first-order chi connectivity index (χ1) is 13.1. The SMILES string of the molecule is CC1(C)C(C(F)(F)F)[C@H]1C(=O)OC(C#N)c1cccc(Oc2ccccc2)c1. The minimum Gasteiger partial charge on any atom is -0.457 e. The van der Waals surface area contributed by atoms with E-state index in [-0.39, 0.29) is 0 Å². The summed E-state index contributed by atoms with van der Waals surface area (Å²) in [6.07, 6.45) is -5.81. The van der Waals surface area contributed by atoms with Crippen molar-refractivity contribution in [1.29, 1.82) is 5.26 Å². The van der Waals surface area contributed by atoms with Crippen molar-refractivity contribution >= 4 is 5.97 Å². The van der Waals surface area contributed by atoms with E-state index in [4.69, 9.17) is 9.47 Å². The Hall–Kier alpha value is -3.01. The molecule has 1 fully saturated rings. The number of benzene rings is 2. The van der Waals surface area contributed by atoms with Gasteiger partial charge in [0.1, 0.15) is 17.6 Å². The summed E-state index contributed by atoms with van der Waals surface area (Å²) in [5.74, 6) is -3.10. The third-order valence-electron chi connectivity index (χ3n) is 4.92. The summed E-state index contributed by atoms with van der Waals surface area (Å²) >= 11 is 0. The van der Waals surface area contributed by atoms with Crippen LogP contribution >= 0.6 is 0 Å². The quantitative estimate of drug-likeness (QED) is 0.641. The molecule has 0 bridgehead atoms. The summed E-state index contributed by atoms with van der Waals surface area (Å²) in [4.78, 5) is 12.3. The van der Waals surface area contributed by atoms with Gasteiger partial charge >= 0.3 is 12.1 Å². The van der Waals surface area contributed by atoms with Crippen molar-refractivity contribution in [2.75, 3.05) is 0 Å². The Balaban J connectivity index is 1.73. The van der Waals surface area contributed by atoms with E-state index in [2.05, 4.69) is 0 Å². The molecule has 2 unspecified atom stereocenters. The van der Waals surface area contributed by atoms with Crippen LogP contribution in [-0.4, -0.2) is 12.1 Å². The highest BCUT2D eigenvalue weighted by atomic mass is 19.4. The number of carbonyl (C=O) groups excluding carboxylic acids is 1. The second-order valence-corrected chi connectivity index (χ2v) is 7.25. The summed E-state index contributed by atoms with van der Waals surface area (Å²) in [6.45, 7) is 2.74. The highest BCUT2D eigenvalue weighted by Gasteiger charge is 2.73. The van der Waals surface area contributed by atoms with Gasteiger partial charge in [-0.15, -0.1) is 0 Å². The zero-order valence-electron chi connectivity index (χ0n) is 15.2. The van der Waals surface area contributed by atoms with Gasteiger partial charge < -0.3 is 9.47 Å². The van der Waals surface area contributed by atoms with E-state index in [9.17, 15) is 23.2 Å². The molecule has 1 saturated carbocycles. The number of halogens is 3. The number of carbonyl (C=O) groups is 1. The number of nitriles is 1. The molecule has 0 radical (unpaired) electrons. The summed E-state index contributed by atoms with van der Waals surface area (Å²) < 4.78 is 50.0. The highest BCUT2D eigenvalue weighted by Crippen LogP contribution is 2.65. The van der Waals surface area contributed by atoms with Gasteiger partial charge in [-0.3, -0.25) is 4.79 Å². The first-order valence-corrected chi connectivity index (χ1v) is 8.64. The zero-order chi connectivity index (χ0) is 20.5. The van der Waals surface area contributed by atoms with Crippen molar-refractivity contribution in [3.05, 3.63) is 60.2 Å². The molecule has 3 atom stereocenters. The normalized spacial score (nSPS) is 21.3. The van der Waals surface area contributed by atoms with Crippen molar-refractivity contribution in [2.45, 2.75) is 26.1 Å². The topological polar surface area (TPSA) is 59.3 Å². The van der Waals surface area contributed by atoms with Crippen molar-refractivity contribution < 1.29 is 27.4 Å². The lowest BCUT2D eigenvalue weighted by atomic mass is 10.1. The van der Waals surface area contributed by atoms with E-state index in [1.165, 1.54) is 19.9 Å². The van der Waals surface area contributed by atoms with E-state index in [1.54, 1.807) is 42.5 Å². The first kappa shape index (κ1) is 19.7. The molecule has 0 aliphatic heterocycles. The highest BCUT2D eigenvalue weighted by molar-refractivity contribution is 5.78. The van der Waals surface area contributed by atoms with Gasteiger partial charge in [0.05, 0.1) is 11.8 Å². The largest absolute Gasteiger partial charge is 0.457 e. The van der Waals surface area contributed by atoms with Gasteiger partial charge in [0.2, 0.25) is 6.10 Å². The van der Waals surface area contributed by atoms with E-state index in [1.807, 2.05) is 12.1 Å². The van der Waals surface area contributed by atoms with Crippen LogP contribution in [0.2, 0.25) is 0 Å². The molecule has 28 heavy (non-hydrogen) atoms. The number of esters is 1. The van der Waals surface area contributed by atoms with Crippen molar-refractivity contribution in [2.24, 2.45) is 17.3 Å². The number of ether oxygens (including phenoxy) is 2. The summed E-state index contributed by atoms with van der Waals surface area (Å²) in [6, 6.07) is 17.1. The van der Waals surface area contributed by atoms with Crippen LogP contribution in [0.1, 0.15) is 25.5 Å². The Bertz CT molecular complexity index is 903. The second kappa shape index (κ2) is 7.19. The molecular weight excluding hydrogens is 371 g/mol. The van der Waals surface area contributed by atoms with Crippen LogP contribution < -0.4 is 4.74 Å². The van der Waals surface area contributed by atoms with E-state index < -0.39 is 35.5 Å². The van der Waals surface area contributed by atoms with Gasteiger partial charge in [0.15, 0.2) is 0 Å². The third kappa shape index (κ3) is 3.96. The van der Waals surface area contributed by atoms with Gasteiger partial charge in [-0.2, -0.15) is 18.4 Å². The number of para-hydroxylation sites is 1. The Morgan fingerprint density at radius 3 is 2.32 bits per heavy atom. The molecule has 1 aliphatic carbocycles. The predicted molar refractivity (Wildman–Crippen MR) is 94.2 cm³/mol. The molecule has 2 aromatic carbocycles. The monoisotopic (exact) mass is 389 g/mol. The molecule has 0 amide bonds. The molecule has 7 heteroatoms. The minimum absolute atomic E-state index is 0.325. The molecule has 3 rings (SSSR count). The number of hydrogen-bond donors (Lipinski definition) is 0. The summed E-state index contributed by atoms with van der Waals surface area (Å²) in [5, 5.41) is 9.38. The van der Waals surface area contributed by atoms with Crippen LogP contribution in [0.15, 0.2) is 54.6 Å². The second-order valence-electron chi connectivity index (χ2n) is 7.25. The fourth-order valence-electron chi connectivity index (χ4n) is 3.41. The maximum Gasteiger partial charge on any atom is 0.393 e. The average molecular weight is 389 g/mol. The molecule has 4 nitrogen and oxygen atoms in total. The number of nitrogens with zero attached hydrogens (tertiary/aromatic N) is 1. The fraction of sp³-hybridized carbons (Fsp3) is 0.333. The molecule has 0 saturated heterocycles. The third-order valence-corrected chi connectivity index (χ3v) is 4.92. The Morgan fingerprint density at radius 1 is 1.11 bits per heavy atom. The van der Waals surface area contributed by atoms with E-state index in [0.717, 1.165) is 0 Å². The van der Waals surface area contributed by atoms with Gasteiger partial charge in [-0.1, -0.05) is 44.2 Å². The standard InChI is InChI=1S/C21H18F3NO3/c1-20(2)17(18(20)21(22,23)24)19(26)28-16(12-25)13-7-6-10-15(11-13)27-14-8-4-3-5-9-14/h3-11,16-18H,1-2H3/t16?,17-,18?/m0/s1. The van der Waals surface area contributed by atoms with Gasteiger partial charge in [-0.25, -0.2) is 0 Å². The average Bonchev–Trinajstić information content (AvgIpc) is 3.24. The van der Waals surface area contributed by atoms with Gasteiger partial charge in [-0.05, 0) is 29.7 Å². The lowest BCUT2D eigenvalue weighted by Gasteiger charge is -2.13. The molecule has 0 heterocycles. The molecule has 0 aromatic heterocycles. The molecule has 146 valence electrons. The van der Waals surface area contributed by atoms with Crippen LogP contribution in [0.4, 0.5) is 13.2 Å². The molecule has 2 aromatic rings.